The summed E-state index contributed by atoms with van der Waals surface area (Å²) in [5.74, 6) is 0.894. The molecule has 0 amide bonds. The van der Waals surface area contributed by atoms with Gasteiger partial charge in [-0.05, 0) is 64.3 Å². The first-order valence-corrected chi connectivity index (χ1v) is 7.83. The Morgan fingerprint density at radius 3 is 2.50 bits per heavy atom. The third-order valence-corrected chi connectivity index (χ3v) is 3.97. The molecule has 0 saturated carbocycles. The second-order valence-electron chi connectivity index (χ2n) is 7.22. The lowest BCUT2D eigenvalue weighted by Crippen LogP contribution is -2.35. The Hall–Kier alpha value is -0.930. The number of aromatic nitrogens is 1. The fourth-order valence-corrected chi connectivity index (χ4v) is 2.47. The van der Waals surface area contributed by atoms with E-state index in [-0.39, 0.29) is 5.54 Å². The molecule has 1 aliphatic rings. The first kappa shape index (κ1) is 15.5. The molecular formula is C17H29N3. The normalized spacial score (nSPS) is 18.4. The summed E-state index contributed by atoms with van der Waals surface area (Å²) in [5, 5.41) is 3.49. The second kappa shape index (κ2) is 6.68. The number of nitrogens with zero attached hydrogens (tertiary/aromatic N) is 2. The molecule has 1 aliphatic heterocycles. The Morgan fingerprint density at radius 1 is 1.25 bits per heavy atom. The maximum atomic E-state index is 4.61. The van der Waals surface area contributed by atoms with Crippen molar-refractivity contribution in [2.45, 2.75) is 59.2 Å². The van der Waals surface area contributed by atoms with E-state index < -0.39 is 0 Å². The lowest BCUT2D eigenvalue weighted by atomic mass is 9.99. The van der Waals surface area contributed by atoms with Gasteiger partial charge in [-0.2, -0.15) is 0 Å². The molecule has 2 heterocycles. The summed E-state index contributed by atoms with van der Waals surface area (Å²) >= 11 is 0. The third-order valence-electron chi connectivity index (χ3n) is 3.97. The molecule has 1 fully saturated rings. The van der Waals surface area contributed by atoms with Gasteiger partial charge in [-0.15, -0.1) is 0 Å². The topological polar surface area (TPSA) is 28.2 Å². The van der Waals surface area contributed by atoms with Gasteiger partial charge in [0.2, 0.25) is 0 Å². The number of piperidine rings is 1. The van der Waals surface area contributed by atoms with Gasteiger partial charge in [-0.25, -0.2) is 0 Å². The third kappa shape index (κ3) is 5.22. The molecule has 0 bridgehead atoms. The summed E-state index contributed by atoms with van der Waals surface area (Å²) in [7, 11) is 0. The maximum Gasteiger partial charge on any atom is 0.0544 e. The van der Waals surface area contributed by atoms with Crippen LogP contribution in [0.25, 0.3) is 0 Å². The summed E-state index contributed by atoms with van der Waals surface area (Å²) in [6.45, 7) is 13.2. The minimum absolute atomic E-state index is 0.156. The Kier molecular flexibility index (Phi) is 5.17. The van der Waals surface area contributed by atoms with Gasteiger partial charge >= 0.3 is 0 Å². The number of hydrogen-bond donors (Lipinski definition) is 1. The van der Waals surface area contributed by atoms with Gasteiger partial charge < -0.3 is 5.32 Å². The summed E-state index contributed by atoms with van der Waals surface area (Å²) in [6, 6.07) is 4.38. The van der Waals surface area contributed by atoms with E-state index in [1.807, 2.05) is 6.20 Å². The second-order valence-corrected chi connectivity index (χ2v) is 7.22. The van der Waals surface area contributed by atoms with Crippen LogP contribution in [0.5, 0.6) is 0 Å². The van der Waals surface area contributed by atoms with Crippen LogP contribution in [0.4, 0.5) is 0 Å². The van der Waals surface area contributed by atoms with E-state index in [9.17, 15) is 0 Å². The van der Waals surface area contributed by atoms with Gasteiger partial charge in [-0.1, -0.05) is 13.0 Å². The number of hydrogen-bond acceptors (Lipinski definition) is 3. The summed E-state index contributed by atoms with van der Waals surface area (Å²) in [5.41, 5.74) is 2.61. The maximum absolute atomic E-state index is 4.61. The van der Waals surface area contributed by atoms with E-state index in [2.05, 4.69) is 55.0 Å². The average Bonchev–Trinajstić information content (AvgIpc) is 2.40. The smallest absolute Gasteiger partial charge is 0.0544 e. The standard InChI is InChI=1S/C17H29N3/c1-14-7-9-20(10-8-14)13-16-6-5-15(11-18-16)12-19-17(2,3)4/h5-6,11,14,19H,7-10,12-13H2,1-4H3. The predicted octanol–water partition coefficient (Wildman–Crippen LogP) is 3.20. The summed E-state index contributed by atoms with van der Waals surface area (Å²) in [6.07, 6.45) is 4.67. The molecular weight excluding hydrogens is 246 g/mol. The van der Waals surface area contributed by atoms with E-state index >= 15 is 0 Å². The van der Waals surface area contributed by atoms with Crippen LogP contribution >= 0.6 is 0 Å². The van der Waals surface area contributed by atoms with E-state index in [0.717, 1.165) is 19.0 Å². The lowest BCUT2D eigenvalue weighted by molar-refractivity contribution is 0.183. The van der Waals surface area contributed by atoms with Gasteiger partial charge in [0.25, 0.3) is 0 Å². The van der Waals surface area contributed by atoms with Crippen molar-refractivity contribution in [2.24, 2.45) is 5.92 Å². The molecule has 1 N–H and O–H groups in total. The van der Waals surface area contributed by atoms with Gasteiger partial charge in [0, 0.05) is 24.8 Å². The zero-order valence-electron chi connectivity index (χ0n) is 13.4. The Labute approximate surface area is 123 Å². The van der Waals surface area contributed by atoms with Gasteiger partial charge in [0.1, 0.15) is 0 Å². The molecule has 2 rings (SSSR count). The zero-order chi connectivity index (χ0) is 14.6. The Morgan fingerprint density at radius 2 is 1.95 bits per heavy atom. The number of nitrogens with one attached hydrogen (secondary N) is 1. The molecule has 112 valence electrons. The number of rotatable bonds is 4. The highest BCUT2D eigenvalue weighted by Crippen LogP contribution is 2.17. The summed E-state index contributed by atoms with van der Waals surface area (Å²) in [4.78, 5) is 7.13. The summed E-state index contributed by atoms with van der Waals surface area (Å²) < 4.78 is 0. The molecule has 1 saturated heterocycles. The van der Waals surface area contributed by atoms with Crippen molar-refractivity contribution in [1.29, 1.82) is 0 Å². The molecule has 20 heavy (non-hydrogen) atoms. The molecule has 0 aromatic carbocycles. The Balaban J connectivity index is 1.82. The monoisotopic (exact) mass is 275 g/mol. The zero-order valence-corrected chi connectivity index (χ0v) is 13.4. The number of likely N-dealkylation sites (tertiary alicyclic amines) is 1. The molecule has 0 radical (unpaired) electrons. The molecule has 1 aromatic rings. The SMILES string of the molecule is CC1CCN(Cc2ccc(CNC(C)(C)C)cn2)CC1. The average molecular weight is 275 g/mol. The van der Waals surface area contributed by atoms with Crippen molar-refractivity contribution >= 4 is 0 Å². The van der Waals surface area contributed by atoms with E-state index in [1.54, 1.807) is 0 Å². The molecule has 0 aliphatic carbocycles. The molecule has 1 aromatic heterocycles. The fraction of sp³-hybridized carbons (Fsp3) is 0.706. The van der Waals surface area contributed by atoms with Crippen LogP contribution in [-0.4, -0.2) is 28.5 Å². The quantitative estimate of drug-likeness (QED) is 0.914. The molecule has 0 unspecified atom stereocenters. The van der Waals surface area contributed by atoms with E-state index in [1.165, 1.54) is 37.2 Å². The largest absolute Gasteiger partial charge is 0.308 e. The lowest BCUT2D eigenvalue weighted by Gasteiger charge is -2.29. The predicted molar refractivity (Wildman–Crippen MR) is 84.5 cm³/mol. The van der Waals surface area contributed by atoms with Crippen molar-refractivity contribution in [3.8, 4) is 0 Å². The first-order valence-electron chi connectivity index (χ1n) is 7.83. The fourth-order valence-electron chi connectivity index (χ4n) is 2.47. The first-order chi connectivity index (χ1) is 9.42. The molecule has 0 spiro atoms. The highest BCUT2D eigenvalue weighted by Gasteiger charge is 2.16. The van der Waals surface area contributed by atoms with Gasteiger partial charge in [-0.3, -0.25) is 9.88 Å². The minimum atomic E-state index is 0.156. The molecule has 3 heteroatoms. The van der Waals surface area contributed by atoms with Crippen LogP contribution in [-0.2, 0) is 13.1 Å². The highest BCUT2D eigenvalue weighted by molar-refractivity contribution is 5.14. The minimum Gasteiger partial charge on any atom is -0.308 e. The van der Waals surface area contributed by atoms with Crippen LogP contribution in [0.1, 0.15) is 51.8 Å². The van der Waals surface area contributed by atoms with Crippen molar-refractivity contribution in [1.82, 2.24) is 15.2 Å². The van der Waals surface area contributed by atoms with E-state index in [4.69, 9.17) is 0 Å². The van der Waals surface area contributed by atoms with Crippen molar-refractivity contribution in [3.05, 3.63) is 29.6 Å². The van der Waals surface area contributed by atoms with Crippen LogP contribution in [0.15, 0.2) is 18.3 Å². The molecule has 3 nitrogen and oxygen atoms in total. The van der Waals surface area contributed by atoms with Crippen LogP contribution < -0.4 is 5.32 Å². The van der Waals surface area contributed by atoms with Gasteiger partial charge in [0.15, 0.2) is 0 Å². The van der Waals surface area contributed by atoms with Crippen LogP contribution in [0, 0.1) is 5.92 Å². The van der Waals surface area contributed by atoms with Crippen LogP contribution in [0.2, 0.25) is 0 Å². The van der Waals surface area contributed by atoms with E-state index in [0.29, 0.717) is 0 Å². The van der Waals surface area contributed by atoms with Crippen LogP contribution in [0.3, 0.4) is 0 Å². The van der Waals surface area contributed by atoms with Crippen molar-refractivity contribution in [2.75, 3.05) is 13.1 Å². The Bertz CT molecular complexity index is 397. The molecule has 0 atom stereocenters. The van der Waals surface area contributed by atoms with Crippen molar-refractivity contribution < 1.29 is 0 Å². The highest BCUT2D eigenvalue weighted by atomic mass is 15.1. The van der Waals surface area contributed by atoms with Gasteiger partial charge in [0.05, 0.1) is 5.69 Å². The number of pyridine rings is 1. The van der Waals surface area contributed by atoms with Crippen molar-refractivity contribution in [3.63, 3.8) is 0 Å².